The standard InChI is InChI=1S/C9H13NS.ClH/c1-6-9-4-8(10)3-2-7(9)5-11-6;/h5,8H,2-4,10H2,1H3;1H. The molecule has 0 bridgehead atoms. The minimum atomic E-state index is 0. The van der Waals surface area contributed by atoms with Crippen molar-refractivity contribution in [2.24, 2.45) is 5.73 Å². The van der Waals surface area contributed by atoms with Gasteiger partial charge in [-0.05, 0) is 42.7 Å². The van der Waals surface area contributed by atoms with Crippen LogP contribution in [0, 0.1) is 6.92 Å². The zero-order valence-corrected chi connectivity index (χ0v) is 8.80. The molecule has 0 fully saturated rings. The predicted molar refractivity (Wildman–Crippen MR) is 56.3 cm³/mol. The molecule has 0 aliphatic heterocycles. The number of hydrogen-bond acceptors (Lipinski definition) is 2. The predicted octanol–water partition coefficient (Wildman–Crippen LogP) is 2.29. The Labute approximate surface area is 83.4 Å². The lowest BCUT2D eigenvalue weighted by Gasteiger charge is -2.18. The molecule has 1 heterocycles. The first-order valence-electron chi connectivity index (χ1n) is 4.09. The van der Waals surface area contributed by atoms with Gasteiger partial charge in [0.1, 0.15) is 0 Å². The Kier molecular flexibility index (Phi) is 3.16. The molecule has 1 aliphatic carbocycles. The van der Waals surface area contributed by atoms with Crippen LogP contribution >= 0.6 is 23.7 Å². The summed E-state index contributed by atoms with van der Waals surface area (Å²) in [7, 11) is 0. The number of aryl methyl sites for hydroxylation is 2. The molecule has 12 heavy (non-hydrogen) atoms. The molecule has 1 unspecified atom stereocenters. The summed E-state index contributed by atoms with van der Waals surface area (Å²) < 4.78 is 0. The van der Waals surface area contributed by atoms with Crippen LogP contribution in [0.15, 0.2) is 5.38 Å². The first-order valence-corrected chi connectivity index (χ1v) is 4.97. The Morgan fingerprint density at radius 3 is 3.08 bits per heavy atom. The summed E-state index contributed by atoms with van der Waals surface area (Å²) in [6.45, 7) is 2.20. The van der Waals surface area contributed by atoms with Gasteiger partial charge in [0, 0.05) is 10.9 Å². The van der Waals surface area contributed by atoms with E-state index in [1.54, 1.807) is 5.56 Å². The maximum Gasteiger partial charge on any atom is 0.00829 e. The smallest absolute Gasteiger partial charge is 0.00829 e. The monoisotopic (exact) mass is 203 g/mol. The summed E-state index contributed by atoms with van der Waals surface area (Å²) in [4.78, 5) is 1.47. The largest absolute Gasteiger partial charge is 0.327 e. The van der Waals surface area contributed by atoms with Crippen LogP contribution in [0.5, 0.6) is 0 Å². The van der Waals surface area contributed by atoms with Crippen molar-refractivity contribution in [3.05, 3.63) is 21.4 Å². The minimum Gasteiger partial charge on any atom is -0.327 e. The first kappa shape index (κ1) is 10.0. The SMILES string of the molecule is Cc1scc2c1CC(N)CC2.Cl. The fourth-order valence-electron chi connectivity index (χ4n) is 1.72. The van der Waals surface area contributed by atoms with E-state index in [2.05, 4.69) is 12.3 Å². The summed E-state index contributed by atoms with van der Waals surface area (Å²) in [5.74, 6) is 0. The van der Waals surface area contributed by atoms with Crippen molar-refractivity contribution in [1.82, 2.24) is 0 Å². The quantitative estimate of drug-likeness (QED) is 0.688. The van der Waals surface area contributed by atoms with Crippen LogP contribution in [0.2, 0.25) is 0 Å². The summed E-state index contributed by atoms with van der Waals surface area (Å²) in [6, 6.07) is 0.413. The molecule has 1 atom stereocenters. The van der Waals surface area contributed by atoms with E-state index in [0.29, 0.717) is 6.04 Å². The summed E-state index contributed by atoms with van der Waals surface area (Å²) in [6.07, 6.45) is 3.47. The molecule has 0 amide bonds. The van der Waals surface area contributed by atoms with Gasteiger partial charge in [-0.15, -0.1) is 23.7 Å². The van der Waals surface area contributed by atoms with E-state index < -0.39 is 0 Å². The minimum absolute atomic E-state index is 0. The zero-order chi connectivity index (χ0) is 7.84. The van der Waals surface area contributed by atoms with Crippen molar-refractivity contribution in [2.75, 3.05) is 0 Å². The molecule has 1 aromatic heterocycles. The van der Waals surface area contributed by atoms with Gasteiger partial charge < -0.3 is 5.73 Å². The average Bonchev–Trinajstić information content (AvgIpc) is 2.33. The van der Waals surface area contributed by atoms with Gasteiger partial charge in [-0.2, -0.15) is 0 Å². The Morgan fingerprint density at radius 1 is 1.58 bits per heavy atom. The van der Waals surface area contributed by atoms with Crippen LogP contribution in [-0.4, -0.2) is 6.04 Å². The van der Waals surface area contributed by atoms with Crippen molar-refractivity contribution in [1.29, 1.82) is 0 Å². The highest BCUT2D eigenvalue weighted by molar-refractivity contribution is 7.10. The molecular weight excluding hydrogens is 190 g/mol. The normalized spacial score (nSPS) is 21.3. The van der Waals surface area contributed by atoms with E-state index in [1.807, 2.05) is 11.3 Å². The number of halogens is 1. The van der Waals surface area contributed by atoms with Crippen LogP contribution in [0.3, 0.4) is 0 Å². The second-order valence-corrected chi connectivity index (χ2v) is 4.38. The number of nitrogens with two attached hydrogens (primary N) is 1. The van der Waals surface area contributed by atoms with Gasteiger partial charge in [-0.1, -0.05) is 0 Å². The van der Waals surface area contributed by atoms with Gasteiger partial charge in [-0.3, -0.25) is 0 Å². The molecule has 0 spiro atoms. The Bertz CT molecular complexity index is 269. The van der Waals surface area contributed by atoms with Crippen molar-refractivity contribution in [3.8, 4) is 0 Å². The maximum atomic E-state index is 5.88. The molecule has 2 N–H and O–H groups in total. The topological polar surface area (TPSA) is 26.0 Å². The van der Waals surface area contributed by atoms with Crippen molar-refractivity contribution < 1.29 is 0 Å². The number of fused-ring (bicyclic) bond motifs is 1. The lowest BCUT2D eigenvalue weighted by atomic mass is 9.91. The summed E-state index contributed by atoms with van der Waals surface area (Å²) >= 11 is 1.87. The molecule has 3 heteroatoms. The third-order valence-corrected chi connectivity index (χ3v) is 3.44. The van der Waals surface area contributed by atoms with Gasteiger partial charge >= 0.3 is 0 Å². The van der Waals surface area contributed by atoms with E-state index in [-0.39, 0.29) is 12.4 Å². The highest BCUT2D eigenvalue weighted by Crippen LogP contribution is 2.28. The Hall–Kier alpha value is -0.0500. The molecule has 0 aromatic carbocycles. The van der Waals surface area contributed by atoms with Crippen LogP contribution in [0.1, 0.15) is 22.4 Å². The Morgan fingerprint density at radius 2 is 2.33 bits per heavy atom. The average molecular weight is 204 g/mol. The van der Waals surface area contributed by atoms with Gasteiger partial charge in [0.15, 0.2) is 0 Å². The summed E-state index contributed by atoms with van der Waals surface area (Å²) in [5, 5.41) is 2.29. The maximum absolute atomic E-state index is 5.88. The molecule has 0 saturated carbocycles. The fraction of sp³-hybridized carbons (Fsp3) is 0.556. The summed E-state index contributed by atoms with van der Waals surface area (Å²) in [5.41, 5.74) is 8.97. The van der Waals surface area contributed by atoms with Gasteiger partial charge in [-0.25, -0.2) is 0 Å². The molecule has 2 rings (SSSR count). The van der Waals surface area contributed by atoms with Crippen LogP contribution in [-0.2, 0) is 12.8 Å². The van der Waals surface area contributed by atoms with E-state index in [1.165, 1.54) is 23.3 Å². The molecule has 1 aliphatic rings. The van der Waals surface area contributed by atoms with Crippen LogP contribution < -0.4 is 5.73 Å². The highest BCUT2D eigenvalue weighted by atomic mass is 35.5. The number of thiophene rings is 1. The lowest BCUT2D eigenvalue weighted by molar-refractivity contribution is 0.577. The van der Waals surface area contributed by atoms with E-state index in [9.17, 15) is 0 Å². The van der Waals surface area contributed by atoms with E-state index in [4.69, 9.17) is 5.73 Å². The van der Waals surface area contributed by atoms with Crippen LogP contribution in [0.25, 0.3) is 0 Å². The van der Waals surface area contributed by atoms with E-state index >= 15 is 0 Å². The second-order valence-electron chi connectivity index (χ2n) is 3.30. The van der Waals surface area contributed by atoms with Crippen LogP contribution in [0.4, 0.5) is 0 Å². The van der Waals surface area contributed by atoms with Crippen molar-refractivity contribution in [3.63, 3.8) is 0 Å². The molecule has 68 valence electrons. The van der Waals surface area contributed by atoms with Crippen molar-refractivity contribution in [2.45, 2.75) is 32.2 Å². The molecule has 1 nitrogen and oxygen atoms in total. The molecular formula is C9H14ClNS. The highest BCUT2D eigenvalue weighted by Gasteiger charge is 2.17. The second kappa shape index (κ2) is 3.77. The van der Waals surface area contributed by atoms with Gasteiger partial charge in [0.25, 0.3) is 0 Å². The van der Waals surface area contributed by atoms with E-state index in [0.717, 1.165) is 6.42 Å². The fourth-order valence-corrected chi connectivity index (χ4v) is 2.65. The Balaban J connectivity index is 0.000000720. The first-order chi connectivity index (χ1) is 5.27. The van der Waals surface area contributed by atoms with Crippen molar-refractivity contribution >= 4 is 23.7 Å². The molecule has 0 saturated heterocycles. The third-order valence-electron chi connectivity index (χ3n) is 2.44. The lowest BCUT2D eigenvalue weighted by Crippen LogP contribution is -2.27. The number of rotatable bonds is 0. The zero-order valence-electron chi connectivity index (χ0n) is 7.17. The molecule has 0 radical (unpaired) electrons. The third kappa shape index (κ3) is 1.65. The number of hydrogen-bond donors (Lipinski definition) is 1. The van der Waals surface area contributed by atoms with Gasteiger partial charge in [0.2, 0.25) is 0 Å². The molecule has 1 aromatic rings. The van der Waals surface area contributed by atoms with Gasteiger partial charge in [0.05, 0.1) is 0 Å².